The Hall–Kier alpha value is -1.22. The standard InChI is InChI=1S/C11H11ClO3/c12-7-14-11(13)15-10-6-5-8-3-1-2-4-9(8)10/h1-4,10H,5-7H2/t10-/m0/s1. The summed E-state index contributed by atoms with van der Waals surface area (Å²) in [6, 6.07) is 7.77. The molecule has 3 nitrogen and oxygen atoms in total. The van der Waals surface area contributed by atoms with Crippen LogP contribution in [0.1, 0.15) is 23.7 Å². The van der Waals surface area contributed by atoms with Gasteiger partial charge in [-0.15, -0.1) is 0 Å². The fourth-order valence-electron chi connectivity index (χ4n) is 1.84. The number of hydrogen-bond donors (Lipinski definition) is 0. The lowest BCUT2D eigenvalue weighted by molar-refractivity contribution is 0.0330. The fourth-order valence-corrected chi connectivity index (χ4v) is 1.92. The summed E-state index contributed by atoms with van der Waals surface area (Å²) < 4.78 is 9.66. The highest BCUT2D eigenvalue weighted by molar-refractivity contribution is 6.17. The third-order valence-corrected chi connectivity index (χ3v) is 2.60. The first kappa shape index (κ1) is 10.3. The predicted molar refractivity (Wildman–Crippen MR) is 55.8 cm³/mol. The van der Waals surface area contributed by atoms with Gasteiger partial charge in [-0.25, -0.2) is 4.79 Å². The van der Waals surface area contributed by atoms with Crippen LogP contribution in [-0.4, -0.2) is 12.2 Å². The number of ether oxygens (including phenoxy) is 2. The number of benzene rings is 1. The van der Waals surface area contributed by atoms with E-state index in [-0.39, 0.29) is 12.2 Å². The summed E-state index contributed by atoms with van der Waals surface area (Å²) in [4.78, 5) is 11.1. The van der Waals surface area contributed by atoms with Gasteiger partial charge >= 0.3 is 6.16 Å². The van der Waals surface area contributed by atoms with Gasteiger partial charge in [-0.1, -0.05) is 35.9 Å². The molecule has 0 saturated heterocycles. The van der Waals surface area contributed by atoms with Crippen molar-refractivity contribution in [1.82, 2.24) is 0 Å². The second-order valence-electron chi connectivity index (χ2n) is 3.35. The van der Waals surface area contributed by atoms with Crippen LogP contribution >= 0.6 is 11.6 Å². The van der Waals surface area contributed by atoms with E-state index in [2.05, 4.69) is 4.74 Å². The summed E-state index contributed by atoms with van der Waals surface area (Å²) in [5.41, 5.74) is 2.31. The molecule has 1 atom stereocenters. The van der Waals surface area contributed by atoms with Crippen LogP contribution in [0, 0.1) is 0 Å². The van der Waals surface area contributed by atoms with Gasteiger partial charge in [0.2, 0.25) is 0 Å². The number of rotatable bonds is 2. The summed E-state index contributed by atoms with van der Waals surface area (Å²) in [7, 11) is 0. The predicted octanol–water partition coefficient (Wildman–Crippen LogP) is 3.02. The average molecular weight is 227 g/mol. The molecule has 1 aromatic rings. The molecule has 0 bridgehead atoms. The Morgan fingerprint density at radius 2 is 2.27 bits per heavy atom. The largest absolute Gasteiger partial charge is 0.510 e. The number of fused-ring (bicyclic) bond motifs is 1. The van der Waals surface area contributed by atoms with Crippen LogP contribution in [0.3, 0.4) is 0 Å². The fraction of sp³-hybridized carbons (Fsp3) is 0.364. The molecule has 1 aliphatic rings. The lowest BCUT2D eigenvalue weighted by Crippen LogP contribution is -2.10. The minimum atomic E-state index is -0.702. The van der Waals surface area contributed by atoms with Crippen molar-refractivity contribution in [2.24, 2.45) is 0 Å². The van der Waals surface area contributed by atoms with Gasteiger partial charge in [-0.3, -0.25) is 0 Å². The molecule has 0 radical (unpaired) electrons. The Morgan fingerprint density at radius 3 is 3.07 bits per heavy atom. The second kappa shape index (κ2) is 4.53. The highest BCUT2D eigenvalue weighted by Gasteiger charge is 2.25. The zero-order chi connectivity index (χ0) is 10.7. The van der Waals surface area contributed by atoms with Gasteiger partial charge in [0.1, 0.15) is 6.10 Å². The summed E-state index contributed by atoms with van der Waals surface area (Å²) in [6.45, 7) is 0. The summed E-state index contributed by atoms with van der Waals surface area (Å²) >= 11 is 5.26. The summed E-state index contributed by atoms with van der Waals surface area (Å²) in [5, 5.41) is 0. The number of carbonyl (C=O) groups is 1. The molecular formula is C11H11ClO3. The van der Waals surface area contributed by atoms with Crippen LogP contribution in [0.4, 0.5) is 4.79 Å². The minimum absolute atomic E-state index is 0.173. The molecule has 2 rings (SSSR count). The smallest absolute Gasteiger partial charge is 0.426 e. The summed E-state index contributed by atoms with van der Waals surface area (Å²) in [6.07, 6.45) is 0.870. The van der Waals surface area contributed by atoms with E-state index in [1.54, 1.807) is 0 Å². The van der Waals surface area contributed by atoms with E-state index >= 15 is 0 Å². The molecule has 80 valence electrons. The first-order chi connectivity index (χ1) is 7.31. The zero-order valence-corrected chi connectivity index (χ0v) is 8.87. The van der Waals surface area contributed by atoms with E-state index in [0.29, 0.717) is 0 Å². The Morgan fingerprint density at radius 1 is 1.47 bits per heavy atom. The molecule has 4 heteroatoms. The third kappa shape index (κ3) is 2.23. The van der Waals surface area contributed by atoms with E-state index in [1.165, 1.54) is 5.56 Å². The number of hydrogen-bond acceptors (Lipinski definition) is 3. The van der Waals surface area contributed by atoms with Gasteiger partial charge in [0, 0.05) is 0 Å². The topological polar surface area (TPSA) is 35.5 Å². The molecule has 1 aromatic carbocycles. The van der Waals surface area contributed by atoms with Crippen molar-refractivity contribution in [3.63, 3.8) is 0 Å². The molecule has 0 N–H and O–H groups in total. The molecule has 1 aliphatic carbocycles. The second-order valence-corrected chi connectivity index (χ2v) is 3.57. The van der Waals surface area contributed by atoms with Crippen LogP contribution in [0.15, 0.2) is 24.3 Å². The van der Waals surface area contributed by atoms with Crippen molar-refractivity contribution in [3.05, 3.63) is 35.4 Å². The highest BCUT2D eigenvalue weighted by atomic mass is 35.5. The van der Waals surface area contributed by atoms with Crippen molar-refractivity contribution in [3.8, 4) is 0 Å². The first-order valence-electron chi connectivity index (χ1n) is 4.78. The average Bonchev–Trinajstić information content (AvgIpc) is 2.62. The van der Waals surface area contributed by atoms with Gasteiger partial charge in [0.15, 0.2) is 6.07 Å². The van der Waals surface area contributed by atoms with E-state index in [9.17, 15) is 4.79 Å². The van der Waals surface area contributed by atoms with Gasteiger partial charge in [0.25, 0.3) is 0 Å². The molecule has 15 heavy (non-hydrogen) atoms. The monoisotopic (exact) mass is 226 g/mol. The molecule has 0 spiro atoms. The van der Waals surface area contributed by atoms with Crippen LogP contribution in [0.2, 0.25) is 0 Å². The van der Waals surface area contributed by atoms with E-state index in [1.807, 2.05) is 24.3 Å². The normalized spacial score (nSPS) is 18.3. The number of alkyl halides is 1. The van der Waals surface area contributed by atoms with Crippen molar-refractivity contribution in [1.29, 1.82) is 0 Å². The highest BCUT2D eigenvalue weighted by Crippen LogP contribution is 2.33. The number of carbonyl (C=O) groups excluding carboxylic acids is 1. The maximum Gasteiger partial charge on any atom is 0.510 e. The van der Waals surface area contributed by atoms with Crippen molar-refractivity contribution >= 4 is 17.8 Å². The number of halogens is 1. The molecule has 0 heterocycles. The molecular weight excluding hydrogens is 216 g/mol. The maximum atomic E-state index is 11.1. The van der Waals surface area contributed by atoms with Gasteiger partial charge in [0.05, 0.1) is 0 Å². The Bertz CT molecular complexity index is 365. The van der Waals surface area contributed by atoms with E-state index in [0.717, 1.165) is 18.4 Å². The molecule has 0 aromatic heterocycles. The van der Waals surface area contributed by atoms with Crippen LogP contribution < -0.4 is 0 Å². The molecule has 0 saturated carbocycles. The van der Waals surface area contributed by atoms with Crippen molar-refractivity contribution in [2.75, 3.05) is 6.07 Å². The molecule has 0 aliphatic heterocycles. The molecule has 0 unspecified atom stereocenters. The Balaban J connectivity index is 2.04. The van der Waals surface area contributed by atoms with Gasteiger partial charge < -0.3 is 9.47 Å². The Labute approximate surface area is 92.9 Å². The van der Waals surface area contributed by atoms with Gasteiger partial charge in [-0.05, 0) is 24.0 Å². The van der Waals surface area contributed by atoms with E-state index in [4.69, 9.17) is 16.3 Å². The first-order valence-corrected chi connectivity index (χ1v) is 5.32. The SMILES string of the molecule is O=C(OCCl)O[C@H]1CCc2ccccc21. The van der Waals surface area contributed by atoms with Crippen LogP contribution in [0.5, 0.6) is 0 Å². The lowest BCUT2D eigenvalue weighted by Gasteiger charge is -2.11. The van der Waals surface area contributed by atoms with Crippen LogP contribution in [-0.2, 0) is 15.9 Å². The van der Waals surface area contributed by atoms with Gasteiger partial charge in [-0.2, -0.15) is 0 Å². The quantitative estimate of drug-likeness (QED) is 0.574. The van der Waals surface area contributed by atoms with Crippen LogP contribution in [0.25, 0.3) is 0 Å². The molecule has 0 fully saturated rings. The minimum Gasteiger partial charge on any atom is -0.426 e. The summed E-state index contributed by atoms with van der Waals surface area (Å²) in [5.74, 6) is 0. The Kier molecular flexibility index (Phi) is 3.11. The van der Waals surface area contributed by atoms with Crippen molar-refractivity contribution < 1.29 is 14.3 Å². The number of aryl methyl sites for hydroxylation is 1. The van der Waals surface area contributed by atoms with Crippen molar-refractivity contribution in [2.45, 2.75) is 18.9 Å². The maximum absolute atomic E-state index is 11.1. The third-order valence-electron chi connectivity index (χ3n) is 2.49. The zero-order valence-electron chi connectivity index (χ0n) is 8.11. The van der Waals surface area contributed by atoms with E-state index < -0.39 is 6.16 Å². The lowest BCUT2D eigenvalue weighted by atomic mass is 10.1. The molecule has 0 amide bonds.